The highest BCUT2D eigenvalue weighted by Gasteiger charge is 2.74. The minimum Gasteiger partial charge on any atom is -0.481 e. The number of aliphatic hydroxyl groups is 2. The number of ketones is 1. The normalized spacial score (nSPS) is 43.7. The molecule has 1 aliphatic carbocycles. The van der Waals surface area contributed by atoms with Gasteiger partial charge in [-0.05, 0) is 120 Å². The molecule has 14 heteroatoms. The maximum absolute atomic E-state index is 14.8. The largest absolute Gasteiger partial charge is 0.481 e. The molecule has 1 saturated carbocycles. The van der Waals surface area contributed by atoms with E-state index in [0.29, 0.717) is 69.9 Å². The molecule has 2 amide bonds. The zero-order valence-corrected chi connectivity index (χ0v) is 39.7. The smallest absolute Gasteiger partial charge is 0.319 e. The zero-order valence-electron chi connectivity index (χ0n) is 39.7. The molecular weight excluding hydrogens is 824 g/mol. The fourth-order valence-corrected chi connectivity index (χ4v) is 12.6. The predicted octanol–water partition coefficient (Wildman–Crippen LogP) is 8.30. The number of amides is 2. The summed E-state index contributed by atoms with van der Waals surface area (Å²) in [5.41, 5.74) is -2.85. The minimum absolute atomic E-state index is 0.0549. The van der Waals surface area contributed by atoms with Crippen molar-refractivity contribution in [3.63, 3.8) is 0 Å². The molecule has 0 aromatic heterocycles. The van der Waals surface area contributed by atoms with E-state index in [0.717, 1.165) is 6.42 Å². The van der Waals surface area contributed by atoms with Crippen molar-refractivity contribution < 1.29 is 57.8 Å². The Morgan fingerprint density at radius 3 is 2.22 bits per heavy atom. The molecule has 4 saturated heterocycles. The summed E-state index contributed by atoms with van der Waals surface area (Å²) in [4.78, 5) is 40.6. The molecule has 3 spiro atoms. The minimum atomic E-state index is -1.43. The number of halogens is 1. The van der Waals surface area contributed by atoms with E-state index in [-0.39, 0.29) is 29.6 Å². The fourth-order valence-electron chi connectivity index (χ4n) is 12.6. The predicted molar refractivity (Wildman–Crippen MR) is 237 cm³/mol. The summed E-state index contributed by atoms with van der Waals surface area (Å²) in [5, 5.41) is 39.2. The van der Waals surface area contributed by atoms with E-state index in [1.165, 1.54) is 24.3 Å². The van der Waals surface area contributed by atoms with Gasteiger partial charge in [-0.25, -0.2) is 9.18 Å². The van der Waals surface area contributed by atoms with Crippen LogP contribution >= 0.6 is 0 Å². The molecule has 5 fully saturated rings. The molecule has 5 heterocycles. The summed E-state index contributed by atoms with van der Waals surface area (Å²) < 4.78 is 48.5. The molecule has 7 rings (SSSR count). The van der Waals surface area contributed by atoms with Crippen LogP contribution in [0.1, 0.15) is 140 Å². The standard InChI is InChI=1S/C50H75FN2O11/c1-11-35(43(56)57)37-19-14-29(5)48(61-37)27-45(48,9)42(55)31(7)40(54)36(12-2)41-28(4)26-30(6)49(62-41)23-20-38(53-44(58)52-34-17-15-33(51)16-18-34)50(64-49)25-24-46(10,63-50)39-21-22-47(59,13-3)32(8)60-39/h15-18,20,23,28-32,35-39,41-42,55,59H,11-14,19,21-22,24-27H2,1-10H3,(H,56,57)(H2,52,53,58)/t28-,29-,30+,31+,32-,35+,36?,37+,38?,39+,41-,42+,45?,46-,47+,48+,49-,50-/m0/s1. The zero-order chi connectivity index (χ0) is 46.8. The number of hydrogen-bond donors (Lipinski definition) is 5. The molecule has 0 bridgehead atoms. The van der Waals surface area contributed by atoms with Crippen LogP contribution in [0.15, 0.2) is 36.4 Å². The van der Waals surface area contributed by atoms with E-state index in [1.54, 1.807) is 6.92 Å². The van der Waals surface area contributed by atoms with Gasteiger partial charge in [0.2, 0.25) is 0 Å². The van der Waals surface area contributed by atoms with Gasteiger partial charge in [0.1, 0.15) is 17.6 Å². The van der Waals surface area contributed by atoms with Crippen LogP contribution in [-0.2, 0) is 33.3 Å². The lowest BCUT2D eigenvalue weighted by molar-refractivity contribution is -0.397. The number of rotatable bonds is 13. The second-order valence-corrected chi connectivity index (χ2v) is 21.1. The van der Waals surface area contributed by atoms with Crippen LogP contribution in [0.4, 0.5) is 14.9 Å². The van der Waals surface area contributed by atoms with Crippen LogP contribution in [0.2, 0.25) is 0 Å². The number of carbonyl (C=O) groups is 3. The third kappa shape index (κ3) is 8.49. The first-order chi connectivity index (χ1) is 30.0. The topological polar surface area (TPSA) is 182 Å². The molecule has 5 aliphatic heterocycles. The van der Waals surface area contributed by atoms with Crippen LogP contribution in [0.5, 0.6) is 0 Å². The summed E-state index contributed by atoms with van der Waals surface area (Å²) in [6.45, 7) is 19.7. The van der Waals surface area contributed by atoms with E-state index in [9.17, 15) is 34.1 Å². The number of aliphatic carboxylic acids is 1. The van der Waals surface area contributed by atoms with Gasteiger partial charge in [-0.2, -0.15) is 0 Å². The van der Waals surface area contributed by atoms with Gasteiger partial charge < -0.3 is 49.6 Å². The van der Waals surface area contributed by atoms with Gasteiger partial charge in [0, 0.05) is 35.3 Å². The average molecular weight is 899 g/mol. The molecule has 6 aliphatic rings. The van der Waals surface area contributed by atoms with Gasteiger partial charge >= 0.3 is 12.0 Å². The Kier molecular flexibility index (Phi) is 13.7. The molecule has 358 valence electrons. The highest BCUT2D eigenvalue weighted by molar-refractivity contribution is 5.89. The van der Waals surface area contributed by atoms with Crippen LogP contribution in [0.25, 0.3) is 0 Å². The molecule has 0 radical (unpaired) electrons. The molecule has 13 nitrogen and oxygen atoms in total. The summed E-state index contributed by atoms with van der Waals surface area (Å²) in [7, 11) is 0. The maximum Gasteiger partial charge on any atom is 0.319 e. The number of Topliss-reactive ketones (excluding diaryl/α,β-unsaturated/α-hetero) is 1. The lowest BCUT2D eigenvalue weighted by Crippen LogP contribution is -2.66. The SMILES string of the molecule is CCC(C(=O)[C@@H](C)[C@@H](O)C1(C)C[C@]12O[C@@H]([C@@H](CC)C(=O)O)CC[C@@H]2C)[C@H]1O[C@]2(C=CC(NC(=O)Nc3ccc(F)cc3)[C@]3(CC[C@@](C)([C@H]4CC[C@](O)(CC)[C@H](C)O4)O3)O2)[C@H](C)C[C@@H]1C. The number of aliphatic hydroxyl groups excluding tert-OH is 1. The number of benzene rings is 1. The Bertz CT molecular complexity index is 1920. The highest BCUT2D eigenvalue weighted by atomic mass is 19.1. The average Bonchev–Trinajstić information content (AvgIpc) is 3.71. The Balaban J connectivity index is 1.13. The number of hydrogen-bond acceptors (Lipinski definition) is 10. The summed E-state index contributed by atoms with van der Waals surface area (Å²) >= 11 is 0. The Hall–Kier alpha value is -2.98. The van der Waals surface area contributed by atoms with Gasteiger partial charge in [0.05, 0.1) is 53.2 Å². The molecule has 1 aromatic rings. The van der Waals surface area contributed by atoms with Gasteiger partial charge in [-0.3, -0.25) is 9.59 Å². The van der Waals surface area contributed by atoms with Gasteiger partial charge in [-0.1, -0.05) is 61.5 Å². The van der Waals surface area contributed by atoms with Crippen molar-refractivity contribution in [3.8, 4) is 0 Å². The van der Waals surface area contributed by atoms with Gasteiger partial charge in [0.25, 0.3) is 0 Å². The van der Waals surface area contributed by atoms with E-state index in [2.05, 4.69) is 31.4 Å². The molecular formula is C50H75FN2O11. The van der Waals surface area contributed by atoms with Crippen molar-refractivity contribution in [1.82, 2.24) is 5.32 Å². The monoisotopic (exact) mass is 899 g/mol. The van der Waals surface area contributed by atoms with Crippen molar-refractivity contribution in [1.29, 1.82) is 0 Å². The molecule has 3 unspecified atom stereocenters. The van der Waals surface area contributed by atoms with Crippen molar-refractivity contribution in [2.45, 2.75) is 205 Å². The number of carboxylic acids is 1. The quantitative estimate of drug-likeness (QED) is 0.120. The number of urea groups is 1. The van der Waals surface area contributed by atoms with E-state index < -0.39 is 99.8 Å². The summed E-state index contributed by atoms with van der Waals surface area (Å²) in [5.74, 6) is -6.33. The fraction of sp³-hybridized carbons (Fsp3) is 0.780. The van der Waals surface area contributed by atoms with Gasteiger partial charge in [0.15, 0.2) is 11.6 Å². The maximum atomic E-state index is 14.8. The van der Waals surface area contributed by atoms with Crippen molar-refractivity contribution in [2.24, 2.45) is 40.9 Å². The third-order valence-corrected chi connectivity index (χ3v) is 17.1. The van der Waals surface area contributed by atoms with E-state index in [1.807, 2.05) is 53.7 Å². The Morgan fingerprint density at radius 1 is 0.906 bits per heavy atom. The Labute approximate surface area is 378 Å². The number of ether oxygens (including phenoxy) is 5. The van der Waals surface area contributed by atoms with Crippen LogP contribution < -0.4 is 10.6 Å². The summed E-state index contributed by atoms with van der Waals surface area (Å²) in [6, 6.07) is 4.16. The summed E-state index contributed by atoms with van der Waals surface area (Å²) in [6.07, 6.45) is 6.92. The second kappa shape index (κ2) is 17.9. The molecule has 5 N–H and O–H groups in total. The van der Waals surface area contributed by atoms with E-state index >= 15 is 0 Å². The second-order valence-electron chi connectivity index (χ2n) is 21.1. The molecule has 1 aromatic carbocycles. The lowest BCUT2D eigenvalue weighted by Gasteiger charge is -2.55. The number of carboxylic acid groups (broad SMARTS) is 1. The molecule has 18 atom stereocenters. The third-order valence-electron chi connectivity index (χ3n) is 17.1. The molecule has 64 heavy (non-hydrogen) atoms. The lowest BCUT2D eigenvalue weighted by atomic mass is 9.72. The van der Waals surface area contributed by atoms with Gasteiger partial charge in [-0.15, -0.1) is 0 Å². The van der Waals surface area contributed by atoms with Crippen molar-refractivity contribution in [3.05, 3.63) is 42.2 Å². The first-order valence-electron chi connectivity index (χ1n) is 24.2. The van der Waals surface area contributed by atoms with Crippen LogP contribution in [-0.4, -0.2) is 98.0 Å². The number of anilines is 1. The van der Waals surface area contributed by atoms with Crippen molar-refractivity contribution >= 4 is 23.5 Å². The number of nitrogens with one attached hydrogen (secondary N) is 2. The Morgan fingerprint density at radius 2 is 1.59 bits per heavy atom. The van der Waals surface area contributed by atoms with Crippen LogP contribution in [0, 0.1) is 46.7 Å². The number of carbonyl (C=O) groups excluding carboxylic acids is 2. The van der Waals surface area contributed by atoms with E-state index in [4.69, 9.17) is 23.7 Å². The first kappa shape index (κ1) is 48.9. The van der Waals surface area contributed by atoms with Crippen LogP contribution in [0.3, 0.4) is 0 Å². The van der Waals surface area contributed by atoms with Crippen molar-refractivity contribution in [2.75, 3.05) is 5.32 Å². The highest BCUT2D eigenvalue weighted by Crippen LogP contribution is 2.68. The first-order valence-corrected chi connectivity index (χ1v) is 24.2.